The van der Waals surface area contributed by atoms with Gasteiger partial charge in [-0.25, -0.2) is 0 Å². The molecule has 0 aliphatic carbocycles. The Balaban J connectivity index is 0.000000208. The van der Waals surface area contributed by atoms with E-state index in [1.54, 1.807) is 5.41 Å². The maximum absolute atomic E-state index is 4.17. The average molecular weight is 571 g/mol. The zero-order chi connectivity index (χ0) is 26.8. The van der Waals surface area contributed by atoms with E-state index in [1.807, 2.05) is 19.1 Å². The molecule has 0 aromatic heterocycles. The van der Waals surface area contributed by atoms with Gasteiger partial charge in [0.15, 0.2) is 0 Å². The van der Waals surface area contributed by atoms with Crippen LogP contribution in [0.25, 0.3) is 11.6 Å². The molecule has 2 heteroatoms. The minimum absolute atomic E-state index is 0.213. The summed E-state index contributed by atoms with van der Waals surface area (Å²) in [5, 5.41) is 3.00. The third kappa shape index (κ3) is 8.64. The molecule has 3 aromatic carbocycles. The summed E-state index contributed by atoms with van der Waals surface area (Å²) >= 11 is 3.41. The average Bonchev–Trinajstić information content (AvgIpc) is 3.35. The Morgan fingerprint density at radius 1 is 0.973 bits per heavy atom. The van der Waals surface area contributed by atoms with Crippen LogP contribution in [0.4, 0.5) is 0 Å². The maximum Gasteiger partial charge on any atom is -0.00198 e. The van der Waals surface area contributed by atoms with Crippen LogP contribution in [-0.2, 0) is 11.8 Å². The van der Waals surface area contributed by atoms with Crippen LogP contribution in [0.15, 0.2) is 120 Å². The molecule has 3 aromatic rings. The van der Waals surface area contributed by atoms with Crippen LogP contribution in [-0.4, -0.2) is 13.9 Å². The van der Waals surface area contributed by atoms with Gasteiger partial charge in [-0.1, -0.05) is 69.3 Å². The second kappa shape index (κ2) is 13.7. The number of rotatable bonds is 6. The standard InChI is InChI=1S/C19H22S.C16H17Se/c1-19(2,3)18-10-8-15(9-11-18)14-17-7-5-4-6-16(17)12-13-20;1-4-5-14-10-11-17(12-14)16-8-6-15(7-9-16)13(2)3/h4-13,20H,14H2,1-3H3;4-11H,1-2,12H2,3H3/b13-12-;14-5-. The van der Waals surface area contributed by atoms with Gasteiger partial charge in [-0.3, -0.25) is 0 Å². The minimum atomic E-state index is -0.765. The molecule has 0 unspecified atom stereocenters. The summed E-state index contributed by atoms with van der Waals surface area (Å²) in [5.41, 5.74) is 9.29. The van der Waals surface area contributed by atoms with Crippen molar-refractivity contribution in [3.63, 3.8) is 0 Å². The van der Waals surface area contributed by atoms with Crippen LogP contribution in [0.1, 0.15) is 55.5 Å². The van der Waals surface area contributed by atoms with E-state index in [1.165, 1.54) is 43.2 Å². The largest absolute Gasteiger partial charge is 0.151 e. The predicted molar refractivity (Wildman–Crippen MR) is 171 cm³/mol. The molecular formula is C35H39SSe. The molecule has 0 saturated carbocycles. The number of allylic oxidation sites excluding steroid dienone is 5. The van der Waals surface area contributed by atoms with Crippen molar-refractivity contribution in [3.05, 3.63) is 148 Å². The molecule has 0 amide bonds. The van der Waals surface area contributed by atoms with Crippen molar-refractivity contribution in [3.8, 4) is 0 Å². The van der Waals surface area contributed by atoms with Crippen molar-refractivity contribution in [2.24, 2.45) is 0 Å². The molecule has 0 nitrogen and oxygen atoms in total. The maximum atomic E-state index is 4.17. The molecule has 0 fully saturated rings. The third-order valence-corrected chi connectivity index (χ3v) is 10.6. The molecule has 4 rings (SSSR count). The Morgan fingerprint density at radius 2 is 1.65 bits per heavy atom. The molecule has 0 spiro atoms. The fourth-order valence-corrected chi connectivity index (χ4v) is 7.99. The normalized spacial score (nSPS) is 14.6. The first-order valence-electron chi connectivity index (χ1n) is 12.6. The van der Waals surface area contributed by atoms with Crippen LogP contribution in [0.3, 0.4) is 0 Å². The first kappa shape index (κ1) is 28.8. The van der Waals surface area contributed by atoms with E-state index in [0.29, 0.717) is 0 Å². The van der Waals surface area contributed by atoms with Crippen molar-refractivity contribution in [2.75, 3.05) is 0 Å². The van der Waals surface area contributed by atoms with E-state index < -0.39 is 13.9 Å². The first-order chi connectivity index (χ1) is 17.7. The summed E-state index contributed by atoms with van der Waals surface area (Å²) in [7, 11) is 0. The monoisotopic (exact) mass is 571 g/mol. The molecule has 0 bridgehead atoms. The molecule has 0 atom stereocenters. The Kier molecular flexibility index (Phi) is 10.6. The van der Waals surface area contributed by atoms with Crippen molar-refractivity contribution >= 4 is 42.6 Å². The van der Waals surface area contributed by atoms with Gasteiger partial charge >= 0.3 is 108 Å². The number of benzene rings is 3. The second-order valence-electron chi connectivity index (χ2n) is 10.3. The molecule has 1 heterocycles. The zero-order valence-electron chi connectivity index (χ0n) is 22.6. The molecule has 1 aliphatic heterocycles. The van der Waals surface area contributed by atoms with Gasteiger partial charge in [0.05, 0.1) is 0 Å². The number of hydrogen-bond acceptors (Lipinski definition) is 1. The van der Waals surface area contributed by atoms with E-state index >= 15 is 0 Å². The fraction of sp³-hybridized carbons (Fsp3) is 0.200. The van der Waals surface area contributed by atoms with Gasteiger partial charge in [0.1, 0.15) is 0 Å². The Hall–Kier alpha value is -2.77. The van der Waals surface area contributed by atoms with Gasteiger partial charge in [0.2, 0.25) is 0 Å². The summed E-state index contributed by atoms with van der Waals surface area (Å²) in [5.74, 6) is 0. The molecule has 1 radical (unpaired) electrons. The van der Waals surface area contributed by atoms with Gasteiger partial charge < -0.3 is 0 Å². The summed E-state index contributed by atoms with van der Waals surface area (Å²) < 4.78 is 1.50. The van der Waals surface area contributed by atoms with Gasteiger partial charge in [-0.15, -0.1) is 0 Å². The van der Waals surface area contributed by atoms with Crippen LogP contribution < -0.4 is 4.46 Å². The molecular weight excluding hydrogens is 531 g/mol. The molecule has 37 heavy (non-hydrogen) atoms. The van der Waals surface area contributed by atoms with Crippen LogP contribution in [0.2, 0.25) is 5.32 Å². The Morgan fingerprint density at radius 3 is 2.24 bits per heavy atom. The van der Waals surface area contributed by atoms with Crippen molar-refractivity contribution in [1.82, 2.24) is 0 Å². The summed E-state index contributed by atoms with van der Waals surface area (Å²) in [6.07, 6.45) is 9.24. The van der Waals surface area contributed by atoms with Crippen LogP contribution >= 0.6 is 12.6 Å². The Bertz CT molecular complexity index is 1280. The fourth-order valence-electron chi connectivity index (χ4n) is 4.06. The number of thiol groups is 1. The summed E-state index contributed by atoms with van der Waals surface area (Å²) in [4.78, 5) is 2.39. The Labute approximate surface area is 234 Å². The SMILES string of the molecule is C=C/C=C1/C=C[Se](c2ccc(C(=C)C)cc2)C1.CC(C)(C)c1ccc(Cc2ccccc2/C=C\S)cc1. The van der Waals surface area contributed by atoms with E-state index in [2.05, 4.69) is 136 Å². The van der Waals surface area contributed by atoms with Crippen molar-refractivity contribution in [2.45, 2.75) is 44.9 Å². The van der Waals surface area contributed by atoms with E-state index in [9.17, 15) is 0 Å². The smallest absolute Gasteiger partial charge is 0.00198 e. The van der Waals surface area contributed by atoms with Gasteiger partial charge in [-0.2, -0.15) is 12.6 Å². The van der Waals surface area contributed by atoms with Crippen LogP contribution in [0.5, 0.6) is 0 Å². The third-order valence-electron chi connectivity index (χ3n) is 6.27. The molecule has 1 aliphatic rings. The van der Waals surface area contributed by atoms with Crippen molar-refractivity contribution in [1.29, 1.82) is 0 Å². The van der Waals surface area contributed by atoms with Gasteiger partial charge in [0.25, 0.3) is 0 Å². The van der Waals surface area contributed by atoms with Crippen LogP contribution in [0, 0.1) is 0 Å². The molecule has 0 N–H and O–H groups in total. The second-order valence-corrected chi connectivity index (χ2v) is 14.6. The van der Waals surface area contributed by atoms with Gasteiger partial charge in [-0.05, 0) is 45.6 Å². The van der Waals surface area contributed by atoms with E-state index in [0.717, 1.165) is 12.0 Å². The first-order valence-corrected chi connectivity index (χ1v) is 16.2. The molecule has 0 saturated heterocycles. The van der Waals surface area contributed by atoms with Crippen molar-refractivity contribution < 1.29 is 0 Å². The van der Waals surface area contributed by atoms with Gasteiger partial charge in [0, 0.05) is 0 Å². The quantitative estimate of drug-likeness (QED) is 0.222. The summed E-state index contributed by atoms with van der Waals surface area (Å²) in [6.45, 7) is 16.5. The predicted octanol–water partition coefficient (Wildman–Crippen LogP) is 9.12. The number of hydrogen-bond donors (Lipinski definition) is 1. The summed E-state index contributed by atoms with van der Waals surface area (Å²) in [6, 6.07) is 26.3. The zero-order valence-corrected chi connectivity index (χ0v) is 25.2. The molecule has 191 valence electrons. The minimum Gasteiger partial charge on any atom is -0.151 e. The topological polar surface area (TPSA) is 0 Å². The van der Waals surface area contributed by atoms with E-state index in [-0.39, 0.29) is 5.41 Å². The van der Waals surface area contributed by atoms with E-state index in [4.69, 9.17) is 0 Å².